The van der Waals surface area contributed by atoms with Gasteiger partial charge >= 0.3 is 0 Å². The number of hydrogen-bond acceptors (Lipinski definition) is 5. The second-order valence-corrected chi connectivity index (χ2v) is 8.34. The number of rotatable bonds is 10. The first-order valence-corrected chi connectivity index (χ1v) is 11.4. The summed E-state index contributed by atoms with van der Waals surface area (Å²) in [5.41, 5.74) is 1.23. The van der Waals surface area contributed by atoms with Crippen molar-refractivity contribution in [1.29, 1.82) is 0 Å². The van der Waals surface area contributed by atoms with Crippen LogP contribution >= 0.6 is 0 Å². The summed E-state index contributed by atoms with van der Waals surface area (Å²) in [7, 11) is -4.03. The monoisotopic (exact) mass is 426 g/mol. The highest BCUT2D eigenvalue weighted by Crippen LogP contribution is 2.37. The van der Waals surface area contributed by atoms with Gasteiger partial charge in [-0.25, -0.2) is 13.6 Å². The van der Waals surface area contributed by atoms with Crippen LogP contribution in [0.15, 0.2) is 77.7 Å². The highest BCUT2D eigenvalue weighted by molar-refractivity contribution is 7.89. The van der Waals surface area contributed by atoms with Crippen molar-refractivity contribution in [1.82, 2.24) is 0 Å². The van der Waals surface area contributed by atoms with Gasteiger partial charge in [-0.1, -0.05) is 49.7 Å². The molecular weight excluding hydrogens is 400 g/mol. The van der Waals surface area contributed by atoms with Gasteiger partial charge in [0.15, 0.2) is 5.75 Å². The molecule has 3 aromatic rings. The molecule has 158 valence electrons. The third-order valence-electron chi connectivity index (χ3n) is 4.38. The molecule has 0 amide bonds. The van der Waals surface area contributed by atoms with Crippen molar-refractivity contribution in [2.75, 3.05) is 11.9 Å². The summed E-state index contributed by atoms with van der Waals surface area (Å²) in [4.78, 5) is -0.0838. The first-order valence-electron chi connectivity index (χ1n) is 9.81. The summed E-state index contributed by atoms with van der Waals surface area (Å²) in [6.45, 7) is 2.96. The number of hydrogen-bond donors (Lipinski definition) is 2. The predicted molar refractivity (Wildman–Crippen MR) is 119 cm³/mol. The van der Waals surface area contributed by atoms with E-state index in [2.05, 4.69) is 12.2 Å². The zero-order valence-corrected chi connectivity index (χ0v) is 17.7. The lowest BCUT2D eigenvalue weighted by Gasteiger charge is -2.18. The van der Waals surface area contributed by atoms with Crippen LogP contribution in [0, 0.1) is 0 Å². The summed E-state index contributed by atoms with van der Waals surface area (Å²) in [6.07, 6.45) is 1.93. The zero-order valence-electron chi connectivity index (χ0n) is 16.9. The van der Waals surface area contributed by atoms with E-state index < -0.39 is 10.0 Å². The topological polar surface area (TPSA) is 90.6 Å². The Hall–Kier alpha value is -3.03. The van der Waals surface area contributed by atoms with Gasteiger partial charge < -0.3 is 14.8 Å². The minimum absolute atomic E-state index is 0.0838. The van der Waals surface area contributed by atoms with Gasteiger partial charge in [0.1, 0.15) is 23.0 Å². The fourth-order valence-corrected chi connectivity index (χ4v) is 3.61. The Morgan fingerprint density at radius 3 is 2.17 bits per heavy atom. The lowest BCUT2D eigenvalue weighted by molar-refractivity contribution is 0.305. The molecule has 7 heteroatoms. The van der Waals surface area contributed by atoms with Gasteiger partial charge in [-0.15, -0.1) is 0 Å². The average molecular weight is 427 g/mol. The van der Waals surface area contributed by atoms with E-state index >= 15 is 0 Å². The second kappa shape index (κ2) is 10.1. The number of anilines is 1. The van der Waals surface area contributed by atoms with Crippen LogP contribution in [-0.4, -0.2) is 15.0 Å². The number of unbranched alkanes of at least 4 members (excludes halogenated alkanes) is 1. The molecule has 0 aliphatic rings. The number of benzene rings is 3. The van der Waals surface area contributed by atoms with Crippen LogP contribution in [0.2, 0.25) is 0 Å². The van der Waals surface area contributed by atoms with Crippen molar-refractivity contribution in [3.05, 3.63) is 78.4 Å². The highest BCUT2D eigenvalue weighted by atomic mass is 32.2. The maximum absolute atomic E-state index is 12.4. The standard InChI is InChI=1S/C23H26N2O4S/c1-2-3-14-25-21-15-18(17-28-19-10-6-4-7-11-19)16-22(30(24,26)27)23(21)29-20-12-8-5-9-13-20/h4-13,15-16,25H,2-3,14,17H2,1H3,(H2,24,26,27). The molecule has 3 N–H and O–H groups in total. The molecule has 0 bridgehead atoms. The second-order valence-electron chi connectivity index (χ2n) is 6.81. The van der Waals surface area contributed by atoms with Crippen molar-refractivity contribution in [3.63, 3.8) is 0 Å². The average Bonchev–Trinajstić information content (AvgIpc) is 2.74. The lowest BCUT2D eigenvalue weighted by Crippen LogP contribution is -2.16. The van der Waals surface area contributed by atoms with Crippen molar-refractivity contribution in [3.8, 4) is 17.2 Å². The summed E-state index contributed by atoms with van der Waals surface area (Å²) in [5, 5.41) is 8.82. The van der Waals surface area contributed by atoms with E-state index in [0.717, 1.165) is 12.8 Å². The summed E-state index contributed by atoms with van der Waals surface area (Å²) < 4.78 is 36.5. The first kappa shape index (κ1) is 21.7. The van der Waals surface area contributed by atoms with E-state index in [0.29, 0.717) is 29.3 Å². The molecule has 0 atom stereocenters. The number of para-hydroxylation sites is 2. The van der Waals surface area contributed by atoms with Crippen LogP contribution < -0.4 is 19.9 Å². The molecule has 3 aromatic carbocycles. The smallest absolute Gasteiger partial charge is 0.241 e. The van der Waals surface area contributed by atoms with Crippen molar-refractivity contribution >= 4 is 15.7 Å². The van der Waals surface area contributed by atoms with E-state index in [1.54, 1.807) is 12.1 Å². The summed E-state index contributed by atoms with van der Waals surface area (Å²) >= 11 is 0. The first-order chi connectivity index (χ1) is 14.5. The molecule has 30 heavy (non-hydrogen) atoms. The van der Waals surface area contributed by atoms with Crippen molar-refractivity contribution in [2.45, 2.75) is 31.3 Å². The Morgan fingerprint density at radius 2 is 1.57 bits per heavy atom. The number of sulfonamides is 1. The highest BCUT2D eigenvalue weighted by Gasteiger charge is 2.22. The maximum atomic E-state index is 12.4. The molecule has 6 nitrogen and oxygen atoms in total. The maximum Gasteiger partial charge on any atom is 0.241 e. The van der Waals surface area contributed by atoms with E-state index in [1.807, 2.05) is 54.6 Å². The third-order valence-corrected chi connectivity index (χ3v) is 5.30. The van der Waals surface area contributed by atoms with Gasteiger partial charge in [0.2, 0.25) is 10.0 Å². The van der Waals surface area contributed by atoms with Crippen LogP contribution in [0.3, 0.4) is 0 Å². The molecule has 0 aromatic heterocycles. The van der Waals surface area contributed by atoms with Gasteiger partial charge in [0.05, 0.1) is 5.69 Å². The minimum atomic E-state index is -4.03. The van der Waals surface area contributed by atoms with E-state index in [9.17, 15) is 8.42 Å². The normalized spacial score (nSPS) is 11.1. The van der Waals surface area contributed by atoms with Crippen molar-refractivity contribution in [2.24, 2.45) is 5.14 Å². The van der Waals surface area contributed by atoms with Crippen molar-refractivity contribution < 1.29 is 17.9 Å². The van der Waals surface area contributed by atoms with E-state index in [-0.39, 0.29) is 17.3 Å². The third kappa shape index (κ3) is 5.98. The summed E-state index contributed by atoms with van der Waals surface area (Å²) in [5.74, 6) is 1.40. The summed E-state index contributed by atoms with van der Waals surface area (Å²) in [6, 6.07) is 21.7. The molecule has 0 radical (unpaired) electrons. The molecule has 0 saturated carbocycles. The molecule has 0 fully saturated rings. The number of ether oxygens (including phenoxy) is 2. The predicted octanol–water partition coefficient (Wildman–Crippen LogP) is 4.92. The fraction of sp³-hybridized carbons (Fsp3) is 0.217. The Bertz CT molecular complexity index is 1060. The zero-order chi connectivity index (χ0) is 21.4. The van der Waals surface area contributed by atoms with Crippen LogP contribution in [0.25, 0.3) is 0 Å². The molecule has 0 heterocycles. The molecule has 0 saturated heterocycles. The quantitative estimate of drug-likeness (QED) is 0.449. The van der Waals surface area contributed by atoms with Gasteiger partial charge in [-0.05, 0) is 48.4 Å². The molecule has 3 rings (SSSR count). The SMILES string of the molecule is CCCCNc1cc(COc2ccccc2)cc(S(N)(=O)=O)c1Oc1ccccc1. The Labute approximate surface area is 177 Å². The largest absolute Gasteiger partial charge is 0.489 e. The van der Waals surface area contributed by atoms with Crippen LogP contribution in [0.4, 0.5) is 5.69 Å². The van der Waals surface area contributed by atoms with Crippen LogP contribution in [0.5, 0.6) is 17.2 Å². The van der Waals surface area contributed by atoms with E-state index in [4.69, 9.17) is 14.6 Å². The van der Waals surface area contributed by atoms with Gasteiger partial charge in [-0.3, -0.25) is 0 Å². The Balaban J connectivity index is 1.99. The van der Waals surface area contributed by atoms with Gasteiger partial charge in [-0.2, -0.15) is 0 Å². The van der Waals surface area contributed by atoms with Crippen LogP contribution in [0.1, 0.15) is 25.3 Å². The van der Waals surface area contributed by atoms with E-state index in [1.165, 1.54) is 6.07 Å². The fourth-order valence-electron chi connectivity index (χ4n) is 2.88. The molecule has 0 aliphatic heterocycles. The molecule has 0 spiro atoms. The Morgan fingerprint density at radius 1 is 0.933 bits per heavy atom. The number of nitrogens with two attached hydrogens (primary N) is 1. The lowest BCUT2D eigenvalue weighted by atomic mass is 10.1. The van der Waals surface area contributed by atoms with Gasteiger partial charge in [0.25, 0.3) is 0 Å². The molecular formula is C23H26N2O4S. The number of primary sulfonamides is 1. The molecule has 0 aliphatic carbocycles. The Kier molecular flexibility index (Phi) is 7.32. The molecule has 0 unspecified atom stereocenters. The van der Waals surface area contributed by atoms with Gasteiger partial charge in [0, 0.05) is 6.54 Å². The minimum Gasteiger partial charge on any atom is -0.489 e. The van der Waals surface area contributed by atoms with Crippen LogP contribution in [-0.2, 0) is 16.6 Å². The number of nitrogens with one attached hydrogen (secondary N) is 1.